The smallest absolute Gasteiger partial charge is 0.446 e. The number of nitrogens with zero attached hydrogens (tertiary/aromatic N) is 1. The Morgan fingerprint density at radius 3 is 2.00 bits per heavy atom. The third kappa shape index (κ3) is 7.54. The van der Waals surface area contributed by atoms with Crippen molar-refractivity contribution in [3.63, 3.8) is 0 Å². The molecule has 0 N–H and O–H groups in total. The van der Waals surface area contributed by atoms with Gasteiger partial charge in [-0.3, -0.25) is 0 Å². The molecule has 0 heterocycles. The average molecular weight is 275 g/mol. The predicted molar refractivity (Wildman–Crippen MR) is 71.1 cm³/mol. The van der Waals surface area contributed by atoms with Crippen molar-refractivity contribution in [3.8, 4) is 0 Å². The van der Waals surface area contributed by atoms with Crippen LogP contribution in [-0.4, -0.2) is 49.1 Å². The number of amides is 1. The minimum Gasteiger partial charge on any atom is -0.446 e. The minimum absolute atomic E-state index is 0.276. The molecule has 0 radical (unpaired) electrons. The monoisotopic (exact) mass is 275 g/mol. The van der Waals surface area contributed by atoms with Crippen LogP contribution in [-0.2, 0) is 14.2 Å². The number of rotatable bonds is 7. The highest BCUT2D eigenvalue weighted by atomic mass is 16.7. The van der Waals surface area contributed by atoms with Gasteiger partial charge in [-0.1, -0.05) is 0 Å². The Balaban J connectivity index is 4.05. The highest BCUT2D eigenvalue weighted by Crippen LogP contribution is 2.08. The molecule has 0 bridgehead atoms. The number of hydrogen-bond acceptors (Lipinski definition) is 5. The molecular weight excluding hydrogens is 250 g/mol. The summed E-state index contributed by atoms with van der Waals surface area (Å²) in [7, 11) is 0. The molecule has 2 atom stereocenters. The first kappa shape index (κ1) is 17.5. The van der Waals surface area contributed by atoms with Gasteiger partial charge in [-0.2, -0.15) is 0 Å². The highest BCUT2D eigenvalue weighted by molar-refractivity contribution is 5.67. The van der Waals surface area contributed by atoms with E-state index in [0.29, 0.717) is 19.5 Å². The Bertz CT molecular complexity index is 278. The fourth-order valence-electron chi connectivity index (χ4n) is 1.61. The quantitative estimate of drug-likeness (QED) is 0.668. The summed E-state index contributed by atoms with van der Waals surface area (Å²) >= 11 is 0. The van der Waals surface area contributed by atoms with Crippen molar-refractivity contribution in [2.75, 3.05) is 19.7 Å². The first-order valence-electron chi connectivity index (χ1n) is 6.73. The second-order valence-electron chi connectivity index (χ2n) is 4.21. The van der Waals surface area contributed by atoms with Crippen LogP contribution < -0.4 is 0 Å². The van der Waals surface area contributed by atoms with Crippen LogP contribution in [0.1, 0.15) is 41.0 Å². The Labute approximate surface area is 115 Å². The standard InChI is InChI=1S/C13H25NO5/c1-6-14(7-2)12(15)18-10(4)9-11(5)19-13(16)17-8-3/h10-11H,6-9H2,1-5H3. The Morgan fingerprint density at radius 2 is 1.53 bits per heavy atom. The zero-order valence-corrected chi connectivity index (χ0v) is 12.5. The summed E-state index contributed by atoms with van der Waals surface area (Å²) < 4.78 is 14.9. The summed E-state index contributed by atoms with van der Waals surface area (Å²) in [5.41, 5.74) is 0. The average Bonchev–Trinajstić information content (AvgIpc) is 2.29. The van der Waals surface area contributed by atoms with E-state index in [1.807, 2.05) is 13.8 Å². The van der Waals surface area contributed by atoms with Gasteiger partial charge in [0.05, 0.1) is 6.61 Å². The highest BCUT2D eigenvalue weighted by Gasteiger charge is 2.19. The molecular formula is C13H25NO5. The molecule has 0 aromatic carbocycles. The van der Waals surface area contributed by atoms with Gasteiger partial charge in [-0.05, 0) is 34.6 Å². The molecule has 0 aromatic rings. The third-order valence-electron chi connectivity index (χ3n) is 2.55. The molecule has 1 amide bonds. The van der Waals surface area contributed by atoms with E-state index in [0.717, 1.165) is 0 Å². The lowest BCUT2D eigenvalue weighted by Gasteiger charge is -2.23. The lowest BCUT2D eigenvalue weighted by Crippen LogP contribution is -2.34. The van der Waals surface area contributed by atoms with Crippen molar-refractivity contribution < 1.29 is 23.8 Å². The molecule has 0 spiro atoms. The van der Waals surface area contributed by atoms with Crippen LogP contribution >= 0.6 is 0 Å². The lowest BCUT2D eigenvalue weighted by atomic mass is 10.2. The lowest BCUT2D eigenvalue weighted by molar-refractivity contribution is 0.00712. The number of carbonyl (C=O) groups is 2. The molecule has 0 saturated carbocycles. The molecule has 0 aliphatic heterocycles. The molecule has 6 heteroatoms. The second kappa shape index (κ2) is 9.47. The molecule has 19 heavy (non-hydrogen) atoms. The molecule has 6 nitrogen and oxygen atoms in total. The molecule has 2 unspecified atom stereocenters. The molecule has 0 aromatic heterocycles. The van der Waals surface area contributed by atoms with E-state index in [1.54, 1.807) is 25.7 Å². The summed E-state index contributed by atoms with van der Waals surface area (Å²) in [6.45, 7) is 10.5. The van der Waals surface area contributed by atoms with Crippen molar-refractivity contribution in [2.45, 2.75) is 53.2 Å². The van der Waals surface area contributed by atoms with Gasteiger partial charge in [0, 0.05) is 19.5 Å². The first-order valence-corrected chi connectivity index (χ1v) is 6.73. The van der Waals surface area contributed by atoms with Crippen LogP contribution in [0.3, 0.4) is 0 Å². The predicted octanol–water partition coefficient (Wildman–Crippen LogP) is 2.81. The van der Waals surface area contributed by atoms with Crippen LogP contribution in [0.4, 0.5) is 9.59 Å². The maximum Gasteiger partial charge on any atom is 0.508 e. The van der Waals surface area contributed by atoms with Gasteiger partial charge in [-0.25, -0.2) is 9.59 Å². The van der Waals surface area contributed by atoms with Crippen LogP contribution in [0.25, 0.3) is 0 Å². The SMILES string of the molecule is CCOC(=O)OC(C)CC(C)OC(=O)N(CC)CC. The van der Waals surface area contributed by atoms with Gasteiger partial charge >= 0.3 is 12.2 Å². The fraction of sp³-hybridized carbons (Fsp3) is 0.846. The Morgan fingerprint density at radius 1 is 1.00 bits per heavy atom. The van der Waals surface area contributed by atoms with Gasteiger partial charge in [-0.15, -0.1) is 0 Å². The van der Waals surface area contributed by atoms with E-state index < -0.39 is 6.16 Å². The van der Waals surface area contributed by atoms with Crippen LogP contribution in [0.2, 0.25) is 0 Å². The van der Waals surface area contributed by atoms with Crippen LogP contribution in [0.5, 0.6) is 0 Å². The van der Waals surface area contributed by atoms with Crippen LogP contribution in [0.15, 0.2) is 0 Å². The zero-order chi connectivity index (χ0) is 14.8. The molecule has 0 aliphatic carbocycles. The van der Waals surface area contributed by atoms with E-state index in [9.17, 15) is 9.59 Å². The van der Waals surface area contributed by atoms with Crippen molar-refractivity contribution >= 4 is 12.2 Å². The van der Waals surface area contributed by atoms with E-state index >= 15 is 0 Å². The van der Waals surface area contributed by atoms with Crippen molar-refractivity contribution in [1.29, 1.82) is 0 Å². The summed E-state index contributed by atoms with van der Waals surface area (Å²) in [5.74, 6) is 0. The number of ether oxygens (including phenoxy) is 3. The van der Waals surface area contributed by atoms with Gasteiger partial charge in [0.15, 0.2) is 0 Å². The van der Waals surface area contributed by atoms with E-state index in [4.69, 9.17) is 9.47 Å². The van der Waals surface area contributed by atoms with E-state index in [2.05, 4.69) is 4.74 Å². The maximum atomic E-state index is 11.7. The molecule has 0 aliphatic rings. The van der Waals surface area contributed by atoms with E-state index in [-0.39, 0.29) is 24.9 Å². The Hall–Kier alpha value is -1.46. The topological polar surface area (TPSA) is 65.1 Å². The number of carbonyl (C=O) groups excluding carboxylic acids is 2. The molecule has 0 rings (SSSR count). The molecule has 112 valence electrons. The first-order chi connectivity index (χ1) is 8.94. The minimum atomic E-state index is -0.697. The largest absolute Gasteiger partial charge is 0.508 e. The normalized spacial score (nSPS) is 13.3. The molecule has 0 saturated heterocycles. The summed E-state index contributed by atoms with van der Waals surface area (Å²) in [6.07, 6.45) is -1.29. The second-order valence-corrected chi connectivity index (χ2v) is 4.21. The zero-order valence-electron chi connectivity index (χ0n) is 12.5. The van der Waals surface area contributed by atoms with Crippen molar-refractivity contribution in [1.82, 2.24) is 4.90 Å². The van der Waals surface area contributed by atoms with Gasteiger partial charge < -0.3 is 19.1 Å². The molecule has 0 fully saturated rings. The Kier molecular flexibility index (Phi) is 8.74. The van der Waals surface area contributed by atoms with Crippen LogP contribution in [0, 0.1) is 0 Å². The maximum absolute atomic E-state index is 11.7. The van der Waals surface area contributed by atoms with Gasteiger partial charge in [0.1, 0.15) is 12.2 Å². The van der Waals surface area contributed by atoms with E-state index in [1.165, 1.54) is 0 Å². The van der Waals surface area contributed by atoms with Crippen molar-refractivity contribution in [2.24, 2.45) is 0 Å². The van der Waals surface area contributed by atoms with Crippen molar-refractivity contribution in [3.05, 3.63) is 0 Å². The third-order valence-corrected chi connectivity index (χ3v) is 2.55. The summed E-state index contributed by atoms with van der Waals surface area (Å²) in [5, 5.41) is 0. The van der Waals surface area contributed by atoms with Gasteiger partial charge in [0.2, 0.25) is 0 Å². The van der Waals surface area contributed by atoms with Gasteiger partial charge in [0.25, 0.3) is 0 Å². The fourth-order valence-corrected chi connectivity index (χ4v) is 1.61. The summed E-state index contributed by atoms with van der Waals surface area (Å²) in [6, 6.07) is 0. The summed E-state index contributed by atoms with van der Waals surface area (Å²) in [4.78, 5) is 24.4. The number of hydrogen-bond donors (Lipinski definition) is 0.